The molecule has 1 unspecified atom stereocenters. The van der Waals surface area contributed by atoms with Crippen LogP contribution in [0.1, 0.15) is 36.7 Å². The monoisotopic (exact) mass is 459 g/mol. The van der Waals surface area contributed by atoms with Gasteiger partial charge in [0.15, 0.2) is 5.96 Å². The Kier molecular flexibility index (Phi) is 8.40. The lowest BCUT2D eigenvalue weighted by Crippen LogP contribution is -2.46. The maximum atomic E-state index is 10.3. The summed E-state index contributed by atoms with van der Waals surface area (Å²) in [6.45, 7) is 0.822. The molecule has 5 nitrogen and oxygen atoms in total. The zero-order valence-electron chi connectivity index (χ0n) is 12.5. The van der Waals surface area contributed by atoms with Crippen molar-refractivity contribution in [3.8, 4) is 0 Å². The standard InChI is InChI=1S/C14H22ClN3O2S.HI/c1-16-13(18-9-14(20)6-2-3-7-14)17-8-10(19)11-4-5-12(15)21-11;/h4-5,10,19-20H,2-3,6-9H2,1H3,(H2,16,17,18);1H. The molecule has 0 saturated heterocycles. The zero-order chi connectivity index (χ0) is 15.3. The number of nitrogens with one attached hydrogen (secondary N) is 2. The molecule has 4 N–H and O–H groups in total. The molecule has 126 valence electrons. The molecule has 0 amide bonds. The van der Waals surface area contributed by atoms with E-state index in [1.54, 1.807) is 13.1 Å². The van der Waals surface area contributed by atoms with E-state index in [2.05, 4.69) is 15.6 Å². The van der Waals surface area contributed by atoms with Gasteiger partial charge in [-0.25, -0.2) is 0 Å². The predicted octanol–water partition coefficient (Wildman–Crippen LogP) is 2.52. The van der Waals surface area contributed by atoms with E-state index in [9.17, 15) is 10.2 Å². The number of hydrogen-bond donors (Lipinski definition) is 4. The fourth-order valence-corrected chi connectivity index (χ4v) is 3.53. The molecule has 1 heterocycles. The van der Waals surface area contributed by atoms with Crippen LogP contribution in [0.15, 0.2) is 17.1 Å². The number of aliphatic hydroxyl groups excluding tert-OH is 1. The first-order chi connectivity index (χ1) is 10.0. The van der Waals surface area contributed by atoms with Gasteiger partial charge in [0.25, 0.3) is 0 Å². The topological polar surface area (TPSA) is 76.9 Å². The summed E-state index contributed by atoms with van der Waals surface area (Å²) in [5.41, 5.74) is -0.627. The molecular weight excluding hydrogens is 437 g/mol. The SMILES string of the molecule is CN=C(NCC(O)c1ccc(Cl)s1)NCC1(O)CCCC1.I. The molecule has 0 bridgehead atoms. The fourth-order valence-electron chi connectivity index (χ4n) is 2.48. The third-order valence-electron chi connectivity index (χ3n) is 3.73. The van der Waals surface area contributed by atoms with Crippen LogP contribution >= 0.6 is 46.9 Å². The molecule has 1 aromatic heterocycles. The Morgan fingerprint density at radius 2 is 2.09 bits per heavy atom. The molecule has 1 fully saturated rings. The van der Waals surface area contributed by atoms with Gasteiger partial charge in [-0.1, -0.05) is 24.4 Å². The van der Waals surface area contributed by atoms with Gasteiger partial charge in [-0.3, -0.25) is 4.99 Å². The number of hydrogen-bond acceptors (Lipinski definition) is 4. The third-order valence-corrected chi connectivity index (χ3v) is 5.06. The Morgan fingerprint density at radius 1 is 1.41 bits per heavy atom. The molecule has 2 rings (SSSR count). The van der Waals surface area contributed by atoms with Crippen LogP contribution < -0.4 is 10.6 Å². The van der Waals surface area contributed by atoms with Gasteiger partial charge < -0.3 is 20.8 Å². The van der Waals surface area contributed by atoms with E-state index in [-0.39, 0.29) is 24.0 Å². The number of aliphatic imine (C=N–C) groups is 1. The van der Waals surface area contributed by atoms with Gasteiger partial charge >= 0.3 is 0 Å². The van der Waals surface area contributed by atoms with Crippen molar-refractivity contribution in [3.63, 3.8) is 0 Å². The van der Waals surface area contributed by atoms with Crippen LogP contribution in [0.2, 0.25) is 4.34 Å². The number of thiophene rings is 1. The number of aliphatic hydroxyl groups is 2. The largest absolute Gasteiger partial charge is 0.388 e. The van der Waals surface area contributed by atoms with E-state index in [1.165, 1.54) is 11.3 Å². The van der Waals surface area contributed by atoms with Crippen molar-refractivity contribution < 1.29 is 10.2 Å². The van der Waals surface area contributed by atoms with Gasteiger partial charge in [-0.05, 0) is 25.0 Å². The molecule has 1 aromatic rings. The molecule has 1 aliphatic rings. The lowest BCUT2D eigenvalue weighted by molar-refractivity contribution is 0.0521. The summed E-state index contributed by atoms with van der Waals surface area (Å²) in [6.07, 6.45) is 3.17. The van der Waals surface area contributed by atoms with Crippen LogP contribution in [-0.4, -0.2) is 41.9 Å². The second kappa shape index (κ2) is 9.27. The Morgan fingerprint density at radius 3 is 2.64 bits per heavy atom. The Bertz CT molecular complexity index is 492. The Hall–Kier alpha value is -0.0900. The lowest BCUT2D eigenvalue weighted by atomic mass is 10.0. The van der Waals surface area contributed by atoms with E-state index in [4.69, 9.17) is 11.6 Å². The summed E-state index contributed by atoms with van der Waals surface area (Å²) >= 11 is 7.22. The molecule has 0 aromatic carbocycles. The first kappa shape index (κ1) is 20.0. The van der Waals surface area contributed by atoms with Crippen LogP contribution in [0, 0.1) is 0 Å². The summed E-state index contributed by atoms with van der Waals surface area (Å²) in [4.78, 5) is 4.92. The molecule has 22 heavy (non-hydrogen) atoms. The van der Waals surface area contributed by atoms with E-state index in [1.807, 2.05) is 6.07 Å². The quantitative estimate of drug-likeness (QED) is 0.310. The summed E-state index contributed by atoms with van der Waals surface area (Å²) in [7, 11) is 1.67. The Labute approximate surface area is 157 Å². The summed E-state index contributed by atoms with van der Waals surface area (Å²) in [6, 6.07) is 3.59. The van der Waals surface area contributed by atoms with Crippen LogP contribution in [-0.2, 0) is 0 Å². The lowest BCUT2D eigenvalue weighted by Gasteiger charge is -2.24. The van der Waals surface area contributed by atoms with Gasteiger partial charge in [0.1, 0.15) is 6.10 Å². The molecule has 1 aliphatic carbocycles. The predicted molar refractivity (Wildman–Crippen MR) is 102 cm³/mol. The van der Waals surface area contributed by atoms with Crippen LogP contribution in [0.25, 0.3) is 0 Å². The highest BCUT2D eigenvalue weighted by atomic mass is 127. The van der Waals surface area contributed by atoms with Crippen LogP contribution in [0.5, 0.6) is 0 Å². The van der Waals surface area contributed by atoms with Crippen molar-refractivity contribution in [2.45, 2.75) is 37.4 Å². The number of rotatable bonds is 5. The maximum Gasteiger partial charge on any atom is 0.191 e. The first-order valence-electron chi connectivity index (χ1n) is 7.13. The molecule has 1 saturated carbocycles. The van der Waals surface area contributed by atoms with Crippen LogP contribution in [0.3, 0.4) is 0 Å². The summed E-state index contributed by atoms with van der Waals surface area (Å²) in [5.74, 6) is 0.581. The number of nitrogens with zero attached hydrogens (tertiary/aromatic N) is 1. The van der Waals surface area contributed by atoms with Crippen molar-refractivity contribution in [1.29, 1.82) is 0 Å². The highest BCUT2D eigenvalue weighted by molar-refractivity contribution is 14.0. The third kappa shape index (κ3) is 5.84. The highest BCUT2D eigenvalue weighted by Gasteiger charge is 2.30. The van der Waals surface area contributed by atoms with Crippen molar-refractivity contribution >= 4 is 52.9 Å². The van der Waals surface area contributed by atoms with Gasteiger partial charge in [-0.15, -0.1) is 35.3 Å². The molecule has 8 heteroatoms. The normalized spacial score (nSPS) is 18.6. The van der Waals surface area contributed by atoms with E-state index < -0.39 is 11.7 Å². The fraction of sp³-hybridized carbons (Fsp3) is 0.643. The molecule has 0 aliphatic heterocycles. The van der Waals surface area contributed by atoms with E-state index in [0.29, 0.717) is 23.4 Å². The van der Waals surface area contributed by atoms with Gasteiger partial charge in [0, 0.05) is 25.0 Å². The Balaban J connectivity index is 0.00000242. The molecule has 0 spiro atoms. The molecule has 1 atom stereocenters. The van der Waals surface area contributed by atoms with E-state index >= 15 is 0 Å². The average Bonchev–Trinajstić information content (AvgIpc) is 3.08. The summed E-state index contributed by atoms with van der Waals surface area (Å²) < 4.78 is 0.662. The second-order valence-electron chi connectivity index (χ2n) is 5.40. The minimum absolute atomic E-state index is 0. The molecule has 0 radical (unpaired) electrons. The average molecular weight is 460 g/mol. The van der Waals surface area contributed by atoms with Crippen LogP contribution in [0.4, 0.5) is 0 Å². The van der Waals surface area contributed by atoms with E-state index in [0.717, 1.165) is 30.6 Å². The van der Waals surface area contributed by atoms with Gasteiger partial charge in [0.2, 0.25) is 0 Å². The second-order valence-corrected chi connectivity index (χ2v) is 7.14. The number of guanidine groups is 1. The zero-order valence-corrected chi connectivity index (χ0v) is 16.4. The smallest absolute Gasteiger partial charge is 0.191 e. The van der Waals surface area contributed by atoms with Crippen molar-refractivity contribution in [2.24, 2.45) is 4.99 Å². The molecular formula is C14H23ClIN3O2S. The first-order valence-corrected chi connectivity index (χ1v) is 8.32. The van der Waals surface area contributed by atoms with Crippen molar-refractivity contribution in [3.05, 3.63) is 21.3 Å². The summed E-state index contributed by atoms with van der Waals surface area (Å²) in [5, 5.41) is 26.5. The minimum Gasteiger partial charge on any atom is -0.388 e. The van der Waals surface area contributed by atoms with Crippen molar-refractivity contribution in [2.75, 3.05) is 20.1 Å². The van der Waals surface area contributed by atoms with Crippen molar-refractivity contribution in [1.82, 2.24) is 10.6 Å². The van der Waals surface area contributed by atoms with Gasteiger partial charge in [0.05, 0.1) is 9.94 Å². The maximum absolute atomic E-state index is 10.3. The van der Waals surface area contributed by atoms with Gasteiger partial charge in [-0.2, -0.15) is 0 Å². The highest BCUT2D eigenvalue weighted by Crippen LogP contribution is 2.28. The number of halogens is 2. The minimum atomic E-state index is -0.629.